The van der Waals surface area contributed by atoms with Crippen molar-refractivity contribution in [1.29, 1.82) is 0 Å². The maximum absolute atomic E-state index is 12.2. The van der Waals surface area contributed by atoms with E-state index in [1.165, 1.54) is 0 Å². The molecule has 0 atom stereocenters. The van der Waals surface area contributed by atoms with Crippen molar-refractivity contribution in [2.75, 3.05) is 38.2 Å². The Morgan fingerprint density at radius 2 is 1.77 bits per heavy atom. The summed E-state index contributed by atoms with van der Waals surface area (Å²) < 4.78 is 10.6. The van der Waals surface area contributed by atoms with E-state index in [0.717, 1.165) is 35.2 Å². The summed E-state index contributed by atoms with van der Waals surface area (Å²) in [6.07, 6.45) is -0.241. The molecule has 0 saturated carbocycles. The Bertz CT molecular complexity index is 744. The Morgan fingerprint density at radius 1 is 1.12 bits per heavy atom. The number of thiazole rings is 1. The van der Waals surface area contributed by atoms with Crippen LogP contribution in [0.1, 0.15) is 20.8 Å². The second kappa shape index (κ2) is 7.53. The first-order valence-corrected chi connectivity index (χ1v) is 9.56. The van der Waals surface area contributed by atoms with E-state index in [1.54, 1.807) is 23.3 Å². The van der Waals surface area contributed by atoms with Gasteiger partial charge in [0.25, 0.3) is 0 Å². The minimum atomic E-state index is -0.462. The van der Waals surface area contributed by atoms with E-state index < -0.39 is 5.60 Å². The fourth-order valence-corrected chi connectivity index (χ4v) is 3.60. The third kappa shape index (κ3) is 4.46. The SMILES string of the molecule is COc1ccc(-c2csc(N3CCN(C(=O)OC(C)(C)C)CC3)n2)cc1. The molecule has 1 amide bonds. The van der Waals surface area contributed by atoms with E-state index >= 15 is 0 Å². The summed E-state index contributed by atoms with van der Waals surface area (Å²) in [5.74, 6) is 0.836. The van der Waals surface area contributed by atoms with Gasteiger partial charge in [0.15, 0.2) is 5.13 Å². The van der Waals surface area contributed by atoms with Gasteiger partial charge in [0.1, 0.15) is 11.4 Å². The van der Waals surface area contributed by atoms with Crippen molar-refractivity contribution in [3.8, 4) is 17.0 Å². The maximum atomic E-state index is 12.2. The summed E-state index contributed by atoms with van der Waals surface area (Å²) in [7, 11) is 1.66. The first-order valence-electron chi connectivity index (χ1n) is 8.68. The number of carbonyl (C=O) groups excluding carboxylic acids is 1. The number of rotatable bonds is 3. The van der Waals surface area contributed by atoms with E-state index in [-0.39, 0.29) is 6.09 Å². The highest BCUT2D eigenvalue weighted by Gasteiger charge is 2.26. The minimum Gasteiger partial charge on any atom is -0.497 e. The largest absolute Gasteiger partial charge is 0.497 e. The van der Waals surface area contributed by atoms with Crippen LogP contribution in [0.15, 0.2) is 29.6 Å². The van der Waals surface area contributed by atoms with Crippen molar-refractivity contribution >= 4 is 22.6 Å². The average Bonchev–Trinajstić information content (AvgIpc) is 3.10. The van der Waals surface area contributed by atoms with Gasteiger partial charge in [-0.25, -0.2) is 9.78 Å². The molecule has 1 aromatic carbocycles. The fourth-order valence-electron chi connectivity index (χ4n) is 2.71. The van der Waals surface area contributed by atoms with Gasteiger partial charge in [0.2, 0.25) is 0 Å². The molecule has 1 saturated heterocycles. The van der Waals surface area contributed by atoms with Crippen LogP contribution in [0.25, 0.3) is 11.3 Å². The van der Waals surface area contributed by atoms with E-state index in [9.17, 15) is 4.79 Å². The van der Waals surface area contributed by atoms with Crippen LogP contribution in [-0.2, 0) is 4.74 Å². The van der Waals surface area contributed by atoms with Gasteiger partial charge in [0.05, 0.1) is 12.8 Å². The molecule has 0 N–H and O–H groups in total. The molecule has 1 fully saturated rings. The third-order valence-corrected chi connectivity index (χ3v) is 4.98. The lowest BCUT2D eigenvalue weighted by atomic mass is 10.2. The predicted molar refractivity (Wildman–Crippen MR) is 104 cm³/mol. The topological polar surface area (TPSA) is 54.9 Å². The summed E-state index contributed by atoms with van der Waals surface area (Å²) in [5.41, 5.74) is 1.57. The second-order valence-electron chi connectivity index (χ2n) is 7.20. The van der Waals surface area contributed by atoms with Gasteiger partial charge < -0.3 is 19.3 Å². The lowest BCUT2D eigenvalue weighted by molar-refractivity contribution is 0.0240. The number of hydrogen-bond acceptors (Lipinski definition) is 6. The highest BCUT2D eigenvalue weighted by Crippen LogP contribution is 2.29. The zero-order chi connectivity index (χ0) is 18.7. The van der Waals surface area contributed by atoms with Gasteiger partial charge in [-0.15, -0.1) is 11.3 Å². The molecule has 0 spiro atoms. The molecule has 0 aliphatic carbocycles. The molecule has 2 heterocycles. The summed E-state index contributed by atoms with van der Waals surface area (Å²) in [6.45, 7) is 8.47. The number of methoxy groups -OCH3 is 1. The highest BCUT2D eigenvalue weighted by atomic mass is 32.1. The molecular formula is C19H25N3O3S. The first-order chi connectivity index (χ1) is 12.4. The predicted octanol–water partition coefficient (Wildman–Crippen LogP) is 3.88. The standard InChI is InChI=1S/C19H25N3O3S/c1-19(2,3)25-18(23)22-11-9-21(10-12-22)17-20-16(13-26-17)14-5-7-15(24-4)8-6-14/h5-8,13H,9-12H2,1-4H3. The van der Waals surface area contributed by atoms with Crippen molar-refractivity contribution in [2.45, 2.75) is 26.4 Å². The van der Waals surface area contributed by atoms with E-state index in [2.05, 4.69) is 10.3 Å². The third-order valence-electron chi connectivity index (χ3n) is 4.08. The summed E-state index contributed by atoms with van der Waals surface area (Å²) in [4.78, 5) is 20.9. The highest BCUT2D eigenvalue weighted by molar-refractivity contribution is 7.14. The number of piperazine rings is 1. The molecular weight excluding hydrogens is 350 g/mol. The molecule has 3 rings (SSSR count). The van der Waals surface area contributed by atoms with Crippen LogP contribution in [0.3, 0.4) is 0 Å². The number of carbonyl (C=O) groups is 1. The number of hydrogen-bond donors (Lipinski definition) is 0. The lowest BCUT2D eigenvalue weighted by Crippen LogP contribution is -2.50. The molecule has 0 radical (unpaired) electrons. The molecule has 26 heavy (non-hydrogen) atoms. The van der Waals surface area contributed by atoms with Crippen LogP contribution in [-0.4, -0.2) is 54.9 Å². The van der Waals surface area contributed by atoms with Crippen molar-refractivity contribution in [3.63, 3.8) is 0 Å². The van der Waals surface area contributed by atoms with Gasteiger partial charge in [-0.2, -0.15) is 0 Å². The first kappa shape index (κ1) is 18.5. The lowest BCUT2D eigenvalue weighted by Gasteiger charge is -2.35. The van der Waals surface area contributed by atoms with Crippen molar-refractivity contribution in [1.82, 2.24) is 9.88 Å². The molecule has 140 valence electrons. The number of aromatic nitrogens is 1. The molecule has 0 unspecified atom stereocenters. The smallest absolute Gasteiger partial charge is 0.410 e. The Hall–Kier alpha value is -2.28. The van der Waals surface area contributed by atoms with Gasteiger partial charge in [-0.3, -0.25) is 0 Å². The Balaban J connectivity index is 1.60. The monoisotopic (exact) mass is 375 g/mol. The number of amides is 1. The fraction of sp³-hybridized carbons (Fsp3) is 0.474. The van der Waals surface area contributed by atoms with E-state index in [0.29, 0.717) is 13.1 Å². The number of nitrogens with zero attached hydrogens (tertiary/aromatic N) is 3. The number of benzene rings is 1. The maximum Gasteiger partial charge on any atom is 0.410 e. The van der Waals surface area contributed by atoms with Crippen LogP contribution < -0.4 is 9.64 Å². The average molecular weight is 375 g/mol. The summed E-state index contributed by atoms with van der Waals surface area (Å²) in [5, 5.41) is 3.05. The van der Waals surface area contributed by atoms with Gasteiger partial charge >= 0.3 is 6.09 Å². The van der Waals surface area contributed by atoms with Crippen molar-refractivity contribution < 1.29 is 14.3 Å². The quantitative estimate of drug-likeness (QED) is 0.815. The van der Waals surface area contributed by atoms with Crippen LogP contribution in [0.2, 0.25) is 0 Å². The molecule has 1 aliphatic heterocycles. The number of anilines is 1. The van der Waals surface area contributed by atoms with Crippen molar-refractivity contribution in [2.24, 2.45) is 0 Å². The molecule has 6 nitrogen and oxygen atoms in total. The Kier molecular flexibility index (Phi) is 5.36. The zero-order valence-electron chi connectivity index (χ0n) is 15.7. The van der Waals surface area contributed by atoms with Gasteiger partial charge in [-0.05, 0) is 45.0 Å². The Morgan fingerprint density at radius 3 is 2.35 bits per heavy atom. The van der Waals surface area contributed by atoms with Crippen LogP contribution >= 0.6 is 11.3 Å². The Labute approximate surface area is 158 Å². The van der Waals surface area contributed by atoms with Gasteiger partial charge in [-0.1, -0.05) is 0 Å². The van der Waals surface area contributed by atoms with Crippen molar-refractivity contribution in [3.05, 3.63) is 29.6 Å². The van der Waals surface area contributed by atoms with E-state index in [1.807, 2.05) is 45.0 Å². The molecule has 1 aliphatic rings. The van der Waals surface area contributed by atoms with Crippen LogP contribution in [0.5, 0.6) is 5.75 Å². The molecule has 0 bridgehead atoms. The van der Waals surface area contributed by atoms with Crippen LogP contribution in [0, 0.1) is 0 Å². The minimum absolute atomic E-state index is 0.241. The zero-order valence-corrected chi connectivity index (χ0v) is 16.5. The number of ether oxygens (including phenoxy) is 2. The molecule has 1 aromatic heterocycles. The van der Waals surface area contributed by atoms with Crippen LogP contribution in [0.4, 0.5) is 9.93 Å². The van der Waals surface area contributed by atoms with Gasteiger partial charge in [0, 0.05) is 37.1 Å². The summed E-state index contributed by atoms with van der Waals surface area (Å²) in [6, 6.07) is 7.90. The second-order valence-corrected chi connectivity index (χ2v) is 8.03. The normalized spacial score (nSPS) is 15.1. The summed E-state index contributed by atoms with van der Waals surface area (Å²) >= 11 is 1.63. The van der Waals surface area contributed by atoms with E-state index in [4.69, 9.17) is 14.5 Å². The molecule has 2 aromatic rings. The molecule has 7 heteroatoms.